The van der Waals surface area contributed by atoms with Crippen LogP contribution >= 0.6 is 0 Å². The molecular weight excluding hydrogens is 248 g/mol. The van der Waals surface area contributed by atoms with Crippen molar-refractivity contribution in [3.8, 4) is 5.75 Å². The van der Waals surface area contributed by atoms with E-state index in [1.807, 2.05) is 6.08 Å². The van der Waals surface area contributed by atoms with E-state index in [2.05, 4.69) is 78.9 Å². The Morgan fingerprint density at radius 2 is 1.37 bits per heavy atom. The van der Waals surface area contributed by atoms with Gasteiger partial charge in [-0.05, 0) is 34.3 Å². The van der Waals surface area contributed by atoms with Crippen LogP contribution in [0, 0.1) is 0 Å². The van der Waals surface area contributed by atoms with Crippen molar-refractivity contribution in [2.45, 2.75) is 58.2 Å². The predicted molar refractivity (Wildman–Crippen MR) is 88.2 cm³/mol. The lowest BCUT2D eigenvalue weighted by Gasteiger charge is -2.48. The summed E-state index contributed by atoms with van der Waals surface area (Å²) in [6.45, 7) is 19.9. The van der Waals surface area contributed by atoms with Crippen LogP contribution in [0.1, 0.15) is 47.1 Å². The van der Waals surface area contributed by atoms with E-state index in [0.29, 0.717) is 0 Å². The van der Waals surface area contributed by atoms with Gasteiger partial charge in [0.25, 0.3) is 8.32 Å². The van der Waals surface area contributed by atoms with Gasteiger partial charge in [0.2, 0.25) is 0 Å². The Hall–Kier alpha value is -1.02. The summed E-state index contributed by atoms with van der Waals surface area (Å²) in [5, 5.41) is 0.366. The van der Waals surface area contributed by atoms with Crippen molar-refractivity contribution in [1.29, 1.82) is 0 Å². The summed E-state index contributed by atoms with van der Waals surface area (Å²) in [5.41, 5.74) is 1.13. The molecule has 0 amide bonds. The van der Waals surface area contributed by atoms with E-state index in [1.54, 1.807) is 0 Å². The van der Waals surface area contributed by atoms with E-state index in [9.17, 15) is 0 Å². The normalized spacial score (nSPS) is 13.2. The SMILES string of the molecule is C=Cc1ccc(O[Si](C)(C(C)(C)C)C(C)(C)C)cc1. The minimum absolute atomic E-state index is 0.183. The Morgan fingerprint density at radius 3 is 1.68 bits per heavy atom. The Bertz CT molecular complexity index is 418. The lowest BCUT2D eigenvalue weighted by atomic mass is 10.2. The average Bonchev–Trinajstić information content (AvgIpc) is 2.27. The lowest BCUT2D eigenvalue weighted by Crippen LogP contribution is -2.54. The highest BCUT2D eigenvalue weighted by Crippen LogP contribution is 2.51. The summed E-state index contributed by atoms with van der Waals surface area (Å²) in [5.74, 6) is 0.976. The van der Waals surface area contributed by atoms with Gasteiger partial charge in [-0.2, -0.15) is 0 Å². The van der Waals surface area contributed by atoms with Crippen molar-refractivity contribution in [3.05, 3.63) is 36.4 Å². The van der Waals surface area contributed by atoms with Crippen LogP contribution in [-0.4, -0.2) is 8.32 Å². The second-order valence-electron chi connectivity index (χ2n) is 7.41. The first-order valence-corrected chi connectivity index (χ1v) is 9.33. The van der Waals surface area contributed by atoms with Gasteiger partial charge >= 0.3 is 0 Å². The molecule has 19 heavy (non-hydrogen) atoms. The molecule has 0 aliphatic rings. The van der Waals surface area contributed by atoms with Gasteiger partial charge in [-0.3, -0.25) is 0 Å². The molecular formula is C17H28OSi. The smallest absolute Gasteiger partial charge is 0.258 e. The summed E-state index contributed by atoms with van der Waals surface area (Å²) in [4.78, 5) is 0. The summed E-state index contributed by atoms with van der Waals surface area (Å²) in [7, 11) is -1.95. The van der Waals surface area contributed by atoms with Crippen molar-refractivity contribution >= 4 is 14.4 Å². The van der Waals surface area contributed by atoms with Gasteiger partial charge in [-0.25, -0.2) is 0 Å². The van der Waals surface area contributed by atoms with Crippen molar-refractivity contribution in [3.63, 3.8) is 0 Å². The van der Waals surface area contributed by atoms with E-state index in [-0.39, 0.29) is 10.1 Å². The molecule has 106 valence electrons. The maximum atomic E-state index is 6.53. The summed E-state index contributed by atoms with van der Waals surface area (Å²) >= 11 is 0. The molecule has 0 bridgehead atoms. The van der Waals surface area contributed by atoms with Gasteiger partial charge in [0.1, 0.15) is 5.75 Å². The second kappa shape index (κ2) is 5.16. The topological polar surface area (TPSA) is 9.23 Å². The molecule has 0 aliphatic carbocycles. The predicted octanol–water partition coefficient (Wildman–Crippen LogP) is 5.88. The standard InChI is InChI=1S/C17H28OSi/c1-9-14-10-12-15(13-11-14)18-19(8,16(2,3)4)17(5,6)7/h9-13H,1H2,2-8H3. The molecule has 0 radical (unpaired) electrons. The molecule has 0 saturated carbocycles. The summed E-state index contributed by atoms with van der Waals surface area (Å²) in [6.07, 6.45) is 1.86. The number of rotatable bonds is 3. The maximum absolute atomic E-state index is 6.53. The first kappa shape index (κ1) is 16.0. The van der Waals surface area contributed by atoms with Crippen LogP contribution in [0.2, 0.25) is 16.6 Å². The molecule has 1 rings (SSSR count). The zero-order valence-corrected chi connectivity index (χ0v) is 14.5. The van der Waals surface area contributed by atoms with Crippen molar-refractivity contribution in [1.82, 2.24) is 0 Å². The monoisotopic (exact) mass is 276 g/mol. The molecule has 0 atom stereocenters. The number of hydrogen-bond acceptors (Lipinski definition) is 1. The van der Waals surface area contributed by atoms with Crippen molar-refractivity contribution in [2.75, 3.05) is 0 Å². The quantitative estimate of drug-likeness (QED) is 0.626. The zero-order chi connectivity index (χ0) is 14.9. The number of hydrogen-bond donors (Lipinski definition) is 0. The van der Waals surface area contributed by atoms with E-state index >= 15 is 0 Å². The van der Waals surface area contributed by atoms with Gasteiger partial charge in [0.05, 0.1) is 0 Å². The average molecular weight is 276 g/mol. The molecule has 1 nitrogen and oxygen atoms in total. The highest BCUT2D eigenvalue weighted by atomic mass is 28.4. The maximum Gasteiger partial charge on any atom is 0.258 e. The van der Waals surface area contributed by atoms with Crippen LogP contribution in [0.25, 0.3) is 6.08 Å². The largest absolute Gasteiger partial charge is 0.543 e. The van der Waals surface area contributed by atoms with Gasteiger partial charge in [0, 0.05) is 0 Å². The van der Waals surface area contributed by atoms with Crippen LogP contribution in [-0.2, 0) is 0 Å². The molecule has 2 heteroatoms. The summed E-state index contributed by atoms with van der Waals surface area (Å²) < 4.78 is 6.53. The minimum Gasteiger partial charge on any atom is -0.543 e. The lowest BCUT2D eigenvalue weighted by molar-refractivity contribution is 0.430. The highest BCUT2D eigenvalue weighted by Gasteiger charge is 2.52. The van der Waals surface area contributed by atoms with Crippen LogP contribution in [0.4, 0.5) is 0 Å². The Labute approximate surface area is 119 Å². The fourth-order valence-corrected chi connectivity index (χ4v) is 5.81. The Kier molecular flexibility index (Phi) is 4.35. The third-order valence-corrected chi connectivity index (χ3v) is 10.7. The Balaban J connectivity index is 3.12. The molecule has 0 aliphatic heterocycles. The van der Waals surface area contributed by atoms with Gasteiger partial charge in [-0.15, -0.1) is 0 Å². The molecule has 0 saturated heterocycles. The first-order chi connectivity index (χ1) is 8.51. The highest BCUT2D eigenvalue weighted by molar-refractivity contribution is 6.78. The van der Waals surface area contributed by atoms with Crippen LogP contribution in [0.3, 0.4) is 0 Å². The fraction of sp³-hybridized carbons (Fsp3) is 0.529. The summed E-state index contributed by atoms with van der Waals surface area (Å²) in [6, 6.07) is 8.23. The molecule has 0 aromatic heterocycles. The van der Waals surface area contributed by atoms with Crippen molar-refractivity contribution in [2.24, 2.45) is 0 Å². The minimum atomic E-state index is -1.95. The molecule has 0 N–H and O–H groups in total. The van der Waals surface area contributed by atoms with E-state index in [0.717, 1.165) is 11.3 Å². The van der Waals surface area contributed by atoms with Crippen LogP contribution in [0.5, 0.6) is 5.75 Å². The van der Waals surface area contributed by atoms with Crippen LogP contribution in [0.15, 0.2) is 30.8 Å². The Morgan fingerprint density at radius 1 is 0.947 bits per heavy atom. The van der Waals surface area contributed by atoms with Gasteiger partial charge < -0.3 is 4.43 Å². The first-order valence-electron chi connectivity index (χ1n) is 6.93. The van der Waals surface area contributed by atoms with Crippen molar-refractivity contribution < 1.29 is 4.43 Å². The van der Waals surface area contributed by atoms with E-state index < -0.39 is 8.32 Å². The van der Waals surface area contributed by atoms with Gasteiger partial charge in [-0.1, -0.05) is 66.3 Å². The third-order valence-electron chi connectivity index (χ3n) is 4.30. The van der Waals surface area contributed by atoms with Gasteiger partial charge in [0.15, 0.2) is 0 Å². The molecule has 0 heterocycles. The zero-order valence-electron chi connectivity index (χ0n) is 13.5. The molecule has 1 aromatic rings. The molecule has 0 spiro atoms. The fourth-order valence-electron chi connectivity index (χ4n) is 2.34. The van der Waals surface area contributed by atoms with E-state index in [4.69, 9.17) is 4.43 Å². The van der Waals surface area contributed by atoms with E-state index in [1.165, 1.54) is 0 Å². The molecule has 0 fully saturated rings. The molecule has 0 unspecified atom stereocenters. The third kappa shape index (κ3) is 3.30. The molecule has 1 aromatic carbocycles. The number of benzene rings is 1. The second-order valence-corrected chi connectivity index (χ2v) is 12.7. The van der Waals surface area contributed by atoms with Crippen LogP contribution < -0.4 is 4.43 Å².